The fourth-order valence-electron chi connectivity index (χ4n) is 4.69. The van der Waals surface area contributed by atoms with Crippen LogP contribution in [0.2, 0.25) is 15.1 Å². The minimum atomic E-state index is -0.571. The van der Waals surface area contributed by atoms with Gasteiger partial charge < -0.3 is 10.1 Å². The van der Waals surface area contributed by atoms with Crippen molar-refractivity contribution < 1.29 is 14.3 Å². The van der Waals surface area contributed by atoms with E-state index in [1.807, 2.05) is 44.2 Å². The van der Waals surface area contributed by atoms with Crippen LogP contribution in [-0.2, 0) is 14.3 Å². The van der Waals surface area contributed by atoms with Gasteiger partial charge in [-0.25, -0.2) is 4.79 Å². The Morgan fingerprint density at radius 3 is 2.41 bits per heavy atom. The van der Waals surface area contributed by atoms with Gasteiger partial charge in [-0.2, -0.15) is 0 Å². The number of carbonyl (C=O) groups is 2. The smallest absolute Gasteiger partial charge is 0.336 e. The summed E-state index contributed by atoms with van der Waals surface area (Å²) in [4.78, 5) is 26.8. The van der Waals surface area contributed by atoms with Crippen LogP contribution in [0.15, 0.2) is 65.0 Å². The van der Waals surface area contributed by atoms with Crippen molar-refractivity contribution in [3.8, 4) is 0 Å². The highest BCUT2D eigenvalue weighted by Gasteiger charge is 2.41. The minimum absolute atomic E-state index is 0.00358. The predicted octanol–water partition coefficient (Wildman–Crippen LogP) is 7.35. The second-order valence-electron chi connectivity index (χ2n) is 8.73. The fraction of sp³-hybridized carbons (Fsp3) is 0.333. The van der Waals surface area contributed by atoms with Crippen molar-refractivity contribution in [1.82, 2.24) is 5.32 Å². The molecule has 2 atom stereocenters. The molecule has 7 heteroatoms. The van der Waals surface area contributed by atoms with E-state index in [4.69, 9.17) is 39.5 Å². The van der Waals surface area contributed by atoms with Gasteiger partial charge in [0.1, 0.15) is 0 Å². The molecule has 4 nitrogen and oxygen atoms in total. The predicted molar refractivity (Wildman–Crippen MR) is 136 cm³/mol. The molecule has 2 aromatic carbocycles. The average Bonchev–Trinajstić information content (AvgIpc) is 2.80. The van der Waals surface area contributed by atoms with Crippen molar-refractivity contribution in [1.29, 1.82) is 0 Å². The maximum atomic E-state index is 13.6. The number of hydrogen-bond donors (Lipinski definition) is 1. The number of allylic oxidation sites excluding steroid dienone is 3. The van der Waals surface area contributed by atoms with Gasteiger partial charge in [-0.3, -0.25) is 4.79 Å². The van der Waals surface area contributed by atoms with Crippen molar-refractivity contribution in [2.75, 3.05) is 6.61 Å². The number of unbranched alkanes of at least 4 members (excludes halogenated alkanes) is 1. The van der Waals surface area contributed by atoms with Crippen LogP contribution in [0.3, 0.4) is 0 Å². The monoisotopic (exact) mass is 517 g/mol. The van der Waals surface area contributed by atoms with Gasteiger partial charge in [0.2, 0.25) is 0 Å². The number of Topliss-reactive ketones (excluding diaryl/α,β-unsaturated/α-hetero) is 1. The molecule has 0 saturated carbocycles. The normalized spacial score (nSPS) is 20.2. The average molecular weight is 519 g/mol. The number of halogens is 3. The number of benzene rings is 2. The van der Waals surface area contributed by atoms with Crippen LogP contribution in [-0.4, -0.2) is 18.4 Å². The van der Waals surface area contributed by atoms with Gasteiger partial charge in [-0.1, -0.05) is 66.3 Å². The third-order valence-electron chi connectivity index (χ3n) is 6.40. The third kappa shape index (κ3) is 5.05. The fourth-order valence-corrected chi connectivity index (χ4v) is 5.13. The molecule has 0 saturated heterocycles. The number of nitrogens with one attached hydrogen (secondary N) is 1. The number of hydrogen-bond acceptors (Lipinski definition) is 4. The van der Waals surface area contributed by atoms with Crippen molar-refractivity contribution in [3.05, 3.63) is 91.2 Å². The minimum Gasteiger partial charge on any atom is -0.462 e. The lowest BCUT2D eigenvalue weighted by Crippen LogP contribution is -2.36. The molecule has 4 rings (SSSR count). The summed E-state index contributed by atoms with van der Waals surface area (Å²) in [5, 5.41) is 4.81. The van der Waals surface area contributed by atoms with Crippen molar-refractivity contribution in [2.45, 2.75) is 51.4 Å². The second-order valence-corrected chi connectivity index (χ2v) is 9.98. The highest BCUT2D eigenvalue weighted by molar-refractivity contribution is 6.42. The van der Waals surface area contributed by atoms with Crippen LogP contribution in [0.4, 0.5) is 0 Å². The Labute approximate surface area is 214 Å². The zero-order valence-electron chi connectivity index (χ0n) is 19.1. The number of esters is 1. The van der Waals surface area contributed by atoms with Gasteiger partial charge >= 0.3 is 5.97 Å². The second kappa shape index (κ2) is 10.6. The van der Waals surface area contributed by atoms with E-state index in [2.05, 4.69) is 5.32 Å². The Morgan fingerprint density at radius 1 is 1.03 bits per heavy atom. The van der Waals surface area contributed by atoms with Gasteiger partial charge in [-0.15, -0.1) is 0 Å². The lowest BCUT2D eigenvalue weighted by atomic mass is 9.72. The van der Waals surface area contributed by atoms with E-state index in [1.54, 1.807) is 12.1 Å². The largest absolute Gasteiger partial charge is 0.462 e. The molecule has 0 bridgehead atoms. The summed E-state index contributed by atoms with van der Waals surface area (Å²) in [5.41, 5.74) is 4.34. The van der Waals surface area contributed by atoms with Gasteiger partial charge in [0.05, 0.1) is 22.2 Å². The van der Waals surface area contributed by atoms with E-state index in [0.29, 0.717) is 51.4 Å². The first-order chi connectivity index (χ1) is 16.3. The topological polar surface area (TPSA) is 55.4 Å². The van der Waals surface area contributed by atoms with Gasteiger partial charge in [0.25, 0.3) is 0 Å². The van der Waals surface area contributed by atoms with Crippen LogP contribution < -0.4 is 5.32 Å². The van der Waals surface area contributed by atoms with E-state index in [9.17, 15) is 9.59 Å². The van der Waals surface area contributed by atoms with Gasteiger partial charge in [0, 0.05) is 34.3 Å². The number of ketones is 1. The van der Waals surface area contributed by atoms with Crippen LogP contribution in [0.1, 0.15) is 62.5 Å². The van der Waals surface area contributed by atoms with Crippen LogP contribution in [0.25, 0.3) is 0 Å². The Morgan fingerprint density at radius 2 is 1.74 bits per heavy atom. The standard InChI is InChI=1S/C27H26Cl3NO3/c1-3-4-11-34-27(33)24-15(2)31-22-13-18(16-5-8-19(28)9-6-16)14-23(32)26(22)25(24)17-7-10-20(29)21(30)12-17/h5-10,12,18,25,31H,3-4,11,13-14H2,1-2H3. The summed E-state index contributed by atoms with van der Waals surface area (Å²) in [6.45, 7) is 4.22. The Hall–Kier alpha value is -2.27. The first kappa shape index (κ1) is 24.8. The third-order valence-corrected chi connectivity index (χ3v) is 7.39. The van der Waals surface area contributed by atoms with E-state index >= 15 is 0 Å². The summed E-state index contributed by atoms with van der Waals surface area (Å²) < 4.78 is 5.57. The molecule has 2 unspecified atom stereocenters. The van der Waals surface area contributed by atoms with Crippen molar-refractivity contribution in [3.63, 3.8) is 0 Å². The molecule has 0 spiro atoms. The molecule has 0 amide bonds. The molecule has 1 N–H and O–H groups in total. The summed E-state index contributed by atoms with van der Waals surface area (Å²) >= 11 is 18.5. The molecule has 0 aromatic heterocycles. The first-order valence-electron chi connectivity index (χ1n) is 11.4. The zero-order chi connectivity index (χ0) is 24.4. The molecule has 2 aliphatic rings. The first-order valence-corrected chi connectivity index (χ1v) is 12.5. The molecule has 0 fully saturated rings. The Kier molecular flexibility index (Phi) is 7.71. The van der Waals surface area contributed by atoms with E-state index in [1.165, 1.54) is 0 Å². The summed E-state index contributed by atoms with van der Waals surface area (Å²) in [7, 11) is 0. The molecular formula is C27H26Cl3NO3. The molecule has 1 aliphatic heterocycles. The van der Waals surface area contributed by atoms with Crippen LogP contribution in [0.5, 0.6) is 0 Å². The summed E-state index contributed by atoms with van der Waals surface area (Å²) in [6, 6.07) is 12.9. The van der Waals surface area contributed by atoms with Gasteiger partial charge in [-0.05, 0) is 61.1 Å². The van der Waals surface area contributed by atoms with Gasteiger partial charge in [0.15, 0.2) is 5.78 Å². The number of carbonyl (C=O) groups excluding carboxylic acids is 2. The van der Waals surface area contributed by atoms with Crippen LogP contribution in [0, 0.1) is 0 Å². The Balaban J connectivity index is 1.76. The molecule has 1 aliphatic carbocycles. The summed E-state index contributed by atoms with van der Waals surface area (Å²) in [6.07, 6.45) is 2.69. The van der Waals surface area contributed by atoms with Crippen molar-refractivity contribution in [2.24, 2.45) is 0 Å². The molecular weight excluding hydrogens is 493 g/mol. The molecule has 178 valence electrons. The lowest BCUT2D eigenvalue weighted by molar-refractivity contribution is -0.139. The molecule has 0 radical (unpaired) electrons. The highest BCUT2D eigenvalue weighted by atomic mass is 35.5. The van der Waals surface area contributed by atoms with E-state index < -0.39 is 11.9 Å². The van der Waals surface area contributed by atoms with Crippen molar-refractivity contribution >= 4 is 46.6 Å². The number of dihydropyridines is 1. The quantitative estimate of drug-likeness (QED) is 0.321. The molecule has 34 heavy (non-hydrogen) atoms. The molecule has 1 heterocycles. The Bertz CT molecular complexity index is 1180. The van der Waals surface area contributed by atoms with E-state index in [-0.39, 0.29) is 11.7 Å². The number of ether oxygens (including phenoxy) is 1. The summed E-state index contributed by atoms with van der Waals surface area (Å²) in [5.74, 6) is -0.972. The lowest BCUT2D eigenvalue weighted by Gasteiger charge is -2.36. The maximum Gasteiger partial charge on any atom is 0.336 e. The maximum absolute atomic E-state index is 13.6. The van der Waals surface area contributed by atoms with E-state index in [0.717, 1.165) is 29.7 Å². The van der Waals surface area contributed by atoms with Crippen LogP contribution >= 0.6 is 34.8 Å². The number of rotatable bonds is 6. The highest BCUT2D eigenvalue weighted by Crippen LogP contribution is 2.46. The molecule has 2 aromatic rings. The zero-order valence-corrected chi connectivity index (χ0v) is 21.4. The SMILES string of the molecule is CCCCOC(=O)C1=C(C)NC2=C(C(=O)CC(c3ccc(Cl)cc3)C2)C1c1ccc(Cl)c(Cl)c1.